The summed E-state index contributed by atoms with van der Waals surface area (Å²) in [5.41, 5.74) is -0.490. The Kier molecular flexibility index (Phi) is 6.77. The molecule has 2 heterocycles. The first-order chi connectivity index (χ1) is 14.1. The van der Waals surface area contributed by atoms with Crippen molar-refractivity contribution in [2.24, 2.45) is 0 Å². The quantitative estimate of drug-likeness (QED) is 0.734. The van der Waals surface area contributed by atoms with Crippen molar-refractivity contribution < 1.29 is 22.5 Å². The van der Waals surface area contributed by atoms with Crippen LogP contribution in [0.3, 0.4) is 0 Å². The second-order valence-electron chi connectivity index (χ2n) is 7.66. The van der Waals surface area contributed by atoms with Crippen LogP contribution in [0.2, 0.25) is 0 Å². The Morgan fingerprint density at radius 3 is 2.70 bits per heavy atom. The minimum absolute atomic E-state index is 0.0686. The van der Waals surface area contributed by atoms with Crippen molar-refractivity contribution in [2.75, 3.05) is 46.8 Å². The van der Waals surface area contributed by atoms with Crippen LogP contribution >= 0.6 is 0 Å². The van der Waals surface area contributed by atoms with Gasteiger partial charge >= 0.3 is 6.18 Å². The first kappa shape index (κ1) is 22.2. The van der Waals surface area contributed by atoms with E-state index in [1.807, 2.05) is 6.92 Å². The summed E-state index contributed by atoms with van der Waals surface area (Å²) in [7, 11) is 3.48. The molecule has 0 aliphatic carbocycles. The Morgan fingerprint density at radius 2 is 2.00 bits per heavy atom. The summed E-state index contributed by atoms with van der Waals surface area (Å²) in [5.74, 6) is 0.565. The number of amides is 1. The molecule has 2 aromatic rings. The second kappa shape index (κ2) is 9.13. The molecule has 1 unspecified atom stereocenters. The summed E-state index contributed by atoms with van der Waals surface area (Å²) < 4.78 is 44.2. The first-order valence-electron chi connectivity index (χ1n) is 9.83. The van der Waals surface area contributed by atoms with Crippen molar-refractivity contribution >= 4 is 5.91 Å². The van der Waals surface area contributed by atoms with E-state index in [-0.39, 0.29) is 23.3 Å². The van der Waals surface area contributed by atoms with Crippen LogP contribution in [0.25, 0.3) is 11.4 Å². The van der Waals surface area contributed by atoms with Crippen molar-refractivity contribution in [3.05, 3.63) is 35.7 Å². The van der Waals surface area contributed by atoms with Gasteiger partial charge in [0.05, 0.1) is 18.2 Å². The van der Waals surface area contributed by atoms with E-state index < -0.39 is 11.7 Å². The maximum absolute atomic E-state index is 13.0. The van der Waals surface area contributed by atoms with Gasteiger partial charge in [-0.3, -0.25) is 14.6 Å². The van der Waals surface area contributed by atoms with Gasteiger partial charge in [-0.25, -0.2) is 0 Å². The van der Waals surface area contributed by atoms with Gasteiger partial charge in [0.25, 0.3) is 0 Å². The Morgan fingerprint density at radius 1 is 1.23 bits per heavy atom. The lowest BCUT2D eigenvalue weighted by Gasteiger charge is -2.25. The van der Waals surface area contributed by atoms with E-state index >= 15 is 0 Å². The largest absolute Gasteiger partial charge is 0.416 e. The van der Waals surface area contributed by atoms with Gasteiger partial charge in [0.2, 0.25) is 17.6 Å². The number of carbonyl (C=O) groups excluding carboxylic acids is 1. The molecule has 1 fully saturated rings. The third-order valence-corrected chi connectivity index (χ3v) is 5.28. The lowest BCUT2D eigenvalue weighted by molar-refractivity contribution is -0.137. The third kappa shape index (κ3) is 5.37. The van der Waals surface area contributed by atoms with Gasteiger partial charge in [-0.1, -0.05) is 17.3 Å². The van der Waals surface area contributed by atoms with Gasteiger partial charge in [-0.05, 0) is 32.0 Å². The fraction of sp³-hybridized carbons (Fsp3) is 0.550. The minimum atomic E-state index is -4.43. The fourth-order valence-corrected chi connectivity index (χ4v) is 3.38. The van der Waals surface area contributed by atoms with Crippen molar-refractivity contribution in [3.63, 3.8) is 0 Å². The Bertz CT molecular complexity index is 868. The number of carbonyl (C=O) groups is 1. The molecule has 1 aliphatic rings. The van der Waals surface area contributed by atoms with Crippen LogP contribution in [0.1, 0.15) is 30.8 Å². The van der Waals surface area contributed by atoms with E-state index in [1.165, 1.54) is 12.1 Å². The zero-order valence-corrected chi connectivity index (χ0v) is 17.3. The number of hydrogen-bond donors (Lipinski definition) is 0. The highest BCUT2D eigenvalue weighted by molar-refractivity contribution is 5.77. The molecule has 0 bridgehead atoms. The minimum Gasteiger partial charge on any atom is -0.348 e. The molecule has 1 amide bonds. The second-order valence-corrected chi connectivity index (χ2v) is 7.66. The van der Waals surface area contributed by atoms with E-state index in [1.54, 1.807) is 19.0 Å². The zero-order valence-electron chi connectivity index (χ0n) is 17.3. The lowest BCUT2D eigenvalue weighted by atomic mass is 10.1. The van der Waals surface area contributed by atoms with Crippen LogP contribution in [0.5, 0.6) is 0 Å². The first-order valence-corrected chi connectivity index (χ1v) is 9.83. The number of rotatable bonds is 5. The molecule has 0 saturated carbocycles. The summed E-state index contributed by atoms with van der Waals surface area (Å²) in [6, 6.07) is 4.71. The van der Waals surface area contributed by atoms with Crippen LogP contribution < -0.4 is 0 Å². The Labute approximate surface area is 173 Å². The Balaban J connectivity index is 1.66. The summed E-state index contributed by atoms with van der Waals surface area (Å²) in [6.07, 6.45) is -3.54. The number of benzene rings is 1. The van der Waals surface area contributed by atoms with E-state index in [2.05, 4.69) is 19.9 Å². The number of likely N-dealkylation sites (N-methyl/N-ethyl adjacent to an activating group) is 1. The maximum atomic E-state index is 13.0. The molecule has 0 N–H and O–H groups in total. The topological polar surface area (TPSA) is 65.7 Å². The van der Waals surface area contributed by atoms with Crippen molar-refractivity contribution in [1.82, 2.24) is 24.8 Å². The maximum Gasteiger partial charge on any atom is 0.416 e. The average molecular weight is 425 g/mol. The third-order valence-electron chi connectivity index (χ3n) is 5.28. The molecule has 7 nitrogen and oxygen atoms in total. The molecule has 0 radical (unpaired) electrons. The van der Waals surface area contributed by atoms with E-state index in [9.17, 15) is 18.0 Å². The normalized spacial score (nSPS) is 17.5. The summed E-state index contributed by atoms with van der Waals surface area (Å²) in [6.45, 7) is 5.40. The van der Waals surface area contributed by atoms with Crippen LogP contribution in [-0.2, 0) is 11.0 Å². The number of hydrogen-bond acceptors (Lipinski definition) is 6. The molecule has 10 heteroatoms. The van der Waals surface area contributed by atoms with Gasteiger partial charge < -0.3 is 9.42 Å². The smallest absolute Gasteiger partial charge is 0.348 e. The van der Waals surface area contributed by atoms with E-state index in [0.717, 1.165) is 44.7 Å². The van der Waals surface area contributed by atoms with E-state index in [4.69, 9.17) is 4.52 Å². The molecular weight excluding hydrogens is 399 g/mol. The number of aromatic nitrogens is 2. The standard InChI is InChI=1S/C20H26F3N5O2/c1-14(28-9-5-8-27(10-11-28)13-17(29)26(2)3)19-24-18(25-30-19)15-6-4-7-16(12-15)20(21,22)23/h4,6-7,12,14H,5,8-11,13H2,1-3H3. The average Bonchev–Trinajstić information content (AvgIpc) is 3.08. The van der Waals surface area contributed by atoms with Crippen molar-refractivity contribution in [1.29, 1.82) is 0 Å². The fourth-order valence-electron chi connectivity index (χ4n) is 3.38. The summed E-state index contributed by atoms with van der Waals surface area (Å²) >= 11 is 0. The molecule has 3 rings (SSSR count). The highest BCUT2D eigenvalue weighted by atomic mass is 19.4. The predicted molar refractivity (Wildman–Crippen MR) is 104 cm³/mol. The number of halogens is 3. The lowest BCUT2D eigenvalue weighted by Crippen LogP contribution is -2.39. The van der Waals surface area contributed by atoms with Gasteiger partial charge in [0, 0.05) is 39.3 Å². The van der Waals surface area contributed by atoms with Gasteiger partial charge in [-0.2, -0.15) is 18.2 Å². The van der Waals surface area contributed by atoms with Crippen molar-refractivity contribution in [3.8, 4) is 11.4 Å². The molecule has 164 valence electrons. The Hall–Kier alpha value is -2.46. The molecule has 1 atom stereocenters. The predicted octanol–water partition coefficient (Wildman–Crippen LogP) is 2.91. The SMILES string of the molecule is CC(c1nc(-c2cccc(C(F)(F)F)c2)no1)N1CCCN(CC(=O)N(C)C)CC1. The van der Waals surface area contributed by atoms with Gasteiger partial charge in [0.15, 0.2) is 0 Å². The van der Waals surface area contributed by atoms with Crippen LogP contribution in [0.15, 0.2) is 28.8 Å². The van der Waals surface area contributed by atoms with Crippen LogP contribution in [-0.4, -0.2) is 77.6 Å². The summed E-state index contributed by atoms with van der Waals surface area (Å²) in [5, 5.41) is 3.88. The van der Waals surface area contributed by atoms with Gasteiger partial charge in [-0.15, -0.1) is 0 Å². The highest BCUT2D eigenvalue weighted by Gasteiger charge is 2.31. The molecule has 1 aliphatic heterocycles. The zero-order chi connectivity index (χ0) is 21.9. The molecular formula is C20H26F3N5O2. The van der Waals surface area contributed by atoms with Crippen molar-refractivity contribution in [2.45, 2.75) is 25.6 Å². The van der Waals surface area contributed by atoms with E-state index in [0.29, 0.717) is 12.4 Å². The number of alkyl halides is 3. The molecule has 1 aromatic heterocycles. The molecule has 30 heavy (non-hydrogen) atoms. The monoisotopic (exact) mass is 425 g/mol. The summed E-state index contributed by atoms with van der Waals surface area (Å²) in [4.78, 5) is 22.2. The molecule has 0 spiro atoms. The molecule has 1 saturated heterocycles. The number of nitrogens with zero attached hydrogens (tertiary/aromatic N) is 5. The van der Waals surface area contributed by atoms with Crippen LogP contribution in [0, 0.1) is 0 Å². The van der Waals surface area contributed by atoms with Crippen LogP contribution in [0.4, 0.5) is 13.2 Å². The van der Waals surface area contributed by atoms with Gasteiger partial charge in [0.1, 0.15) is 0 Å². The molecule has 1 aromatic carbocycles. The highest BCUT2D eigenvalue weighted by Crippen LogP contribution is 2.32.